The van der Waals surface area contributed by atoms with Crippen molar-refractivity contribution in [2.45, 2.75) is 20.0 Å². The Morgan fingerprint density at radius 2 is 1.32 bits per heavy atom. The number of hydrogen-bond acceptors (Lipinski definition) is 3. The highest BCUT2D eigenvalue weighted by atomic mass is 19.4. The molecule has 8 heteroatoms. The Bertz CT molecular complexity index is 915. The van der Waals surface area contributed by atoms with Crippen LogP contribution in [0.15, 0.2) is 60.2 Å². The maximum absolute atomic E-state index is 12.5. The number of anilines is 2. The molecule has 5 nitrogen and oxygen atoms in total. The smallest absolute Gasteiger partial charge is 0.323 e. The molecule has 0 saturated heterocycles. The first-order valence-corrected chi connectivity index (χ1v) is 8.15. The Hall–Kier alpha value is -3.42. The van der Waals surface area contributed by atoms with Crippen LogP contribution in [-0.4, -0.2) is 17.6 Å². The van der Waals surface area contributed by atoms with Crippen molar-refractivity contribution in [1.82, 2.24) is 0 Å². The van der Waals surface area contributed by atoms with Crippen LogP contribution in [0, 0.1) is 0 Å². The van der Waals surface area contributed by atoms with Gasteiger partial charge in [0.05, 0.1) is 5.56 Å². The second kappa shape index (κ2) is 8.51. The normalized spacial score (nSPS) is 11.7. The lowest BCUT2D eigenvalue weighted by molar-refractivity contribution is -0.137. The van der Waals surface area contributed by atoms with Gasteiger partial charge in [0.1, 0.15) is 0 Å². The first-order valence-electron chi connectivity index (χ1n) is 8.15. The third-order valence-electron chi connectivity index (χ3n) is 3.73. The molecule has 0 radical (unpaired) electrons. The highest BCUT2D eigenvalue weighted by Crippen LogP contribution is 2.29. The summed E-state index contributed by atoms with van der Waals surface area (Å²) in [6.45, 7) is 2.83. The Morgan fingerprint density at radius 3 is 1.82 bits per heavy atom. The van der Waals surface area contributed by atoms with Crippen molar-refractivity contribution in [1.29, 1.82) is 0 Å². The lowest BCUT2D eigenvalue weighted by Gasteiger charge is -2.09. The van der Waals surface area contributed by atoms with Gasteiger partial charge in [-0.25, -0.2) is 0 Å². The minimum absolute atomic E-state index is 0.0674. The maximum Gasteiger partial charge on any atom is 0.416 e. The zero-order valence-electron chi connectivity index (χ0n) is 15.1. The summed E-state index contributed by atoms with van der Waals surface area (Å²) in [5.74, 6) is -1.29. The van der Waals surface area contributed by atoms with Gasteiger partial charge in [-0.2, -0.15) is 13.2 Å². The molecular formula is C20H17F3N2O3. The number of halogens is 3. The summed E-state index contributed by atoms with van der Waals surface area (Å²) >= 11 is 0. The molecule has 0 saturated carbocycles. The molecule has 0 aromatic heterocycles. The number of nitrogens with one attached hydrogen (secondary N) is 2. The van der Waals surface area contributed by atoms with Crippen LogP contribution in [0.2, 0.25) is 0 Å². The molecule has 0 aliphatic carbocycles. The molecule has 0 bridgehead atoms. The minimum atomic E-state index is -4.46. The monoisotopic (exact) mass is 390 g/mol. The highest BCUT2D eigenvalue weighted by molar-refractivity contribution is 6.10. The Morgan fingerprint density at radius 1 is 0.821 bits per heavy atom. The van der Waals surface area contributed by atoms with Gasteiger partial charge in [-0.1, -0.05) is 0 Å². The van der Waals surface area contributed by atoms with E-state index in [-0.39, 0.29) is 17.0 Å². The first-order chi connectivity index (χ1) is 13.1. The summed E-state index contributed by atoms with van der Waals surface area (Å²) in [4.78, 5) is 35.3. The van der Waals surface area contributed by atoms with Crippen LogP contribution in [0.3, 0.4) is 0 Å². The zero-order chi connectivity index (χ0) is 20.9. The van der Waals surface area contributed by atoms with E-state index in [2.05, 4.69) is 10.6 Å². The SMILES string of the molecule is CC(=O)c1ccc(NC(=O)/C=C(/C)C(=O)Nc2ccc(C(F)(F)F)cc2)cc1. The summed E-state index contributed by atoms with van der Waals surface area (Å²) in [6, 6.07) is 10.2. The third-order valence-corrected chi connectivity index (χ3v) is 3.73. The average Bonchev–Trinajstić information content (AvgIpc) is 2.61. The highest BCUT2D eigenvalue weighted by Gasteiger charge is 2.30. The summed E-state index contributed by atoms with van der Waals surface area (Å²) < 4.78 is 37.6. The fraction of sp³-hybridized carbons (Fsp3) is 0.150. The van der Waals surface area contributed by atoms with Gasteiger partial charge in [-0.15, -0.1) is 0 Å². The first kappa shape index (κ1) is 20.9. The molecule has 0 aliphatic rings. The van der Waals surface area contributed by atoms with Gasteiger partial charge in [0.25, 0.3) is 5.91 Å². The number of amides is 2. The summed E-state index contributed by atoms with van der Waals surface area (Å²) in [5.41, 5.74) is 0.361. The van der Waals surface area contributed by atoms with Gasteiger partial charge in [0, 0.05) is 28.6 Å². The molecule has 2 aromatic rings. The molecule has 146 valence electrons. The Balaban J connectivity index is 1.98. The van der Waals surface area contributed by atoms with Crippen molar-refractivity contribution in [3.63, 3.8) is 0 Å². The van der Waals surface area contributed by atoms with Crippen molar-refractivity contribution in [3.8, 4) is 0 Å². The van der Waals surface area contributed by atoms with Crippen molar-refractivity contribution in [2.75, 3.05) is 10.6 Å². The number of Topliss-reactive ketones (excluding diaryl/α,β-unsaturated/α-hetero) is 1. The Labute approximate surface area is 159 Å². The molecule has 0 heterocycles. The van der Waals surface area contributed by atoms with Crippen molar-refractivity contribution in [3.05, 3.63) is 71.3 Å². The number of benzene rings is 2. The van der Waals surface area contributed by atoms with Gasteiger partial charge < -0.3 is 10.6 Å². The van der Waals surface area contributed by atoms with E-state index in [9.17, 15) is 27.6 Å². The molecule has 0 fully saturated rings. The second-order valence-electron chi connectivity index (χ2n) is 5.98. The third kappa shape index (κ3) is 5.80. The van der Waals surface area contributed by atoms with E-state index in [0.29, 0.717) is 11.3 Å². The largest absolute Gasteiger partial charge is 0.416 e. The average molecular weight is 390 g/mol. The van der Waals surface area contributed by atoms with Gasteiger partial charge in [-0.05, 0) is 62.4 Å². The molecule has 0 aliphatic heterocycles. The van der Waals surface area contributed by atoms with Gasteiger partial charge in [-0.3, -0.25) is 14.4 Å². The number of alkyl halides is 3. The maximum atomic E-state index is 12.5. The number of carbonyl (C=O) groups excluding carboxylic acids is 3. The zero-order valence-corrected chi connectivity index (χ0v) is 15.1. The van der Waals surface area contributed by atoms with E-state index in [1.165, 1.54) is 13.8 Å². The Kier molecular flexibility index (Phi) is 6.35. The molecule has 2 amide bonds. The lowest BCUT2D eigenvalue weighted by Crippen LogP contribution is -2.16. The summed E-state index contributed by atoms with van der Waals surface area (Å²) in [6.07, 6.45) is -3.39. The quantitative estimate of drug-likeness (QED) is 0.586. The molecule has 2 aromatic carbocycles. The van der Waals surface area contributed by atoms with Gasteiger partial charge in [0.2, 0.25) is 5.91 Å². The number of carbonyl (C=O) groups is 3. The standard InChI is InChI=1S/C20H17F3N2O3/c1-12(11-18(27)24-16-7-3-14(4-8-16)13(2)26)19(28)25-17-9-5-15(6-10-17)20(21,22)23/h3-11H,1-2H3,(H,24,27)(H,25,28)/b12-11-. The number of ketones is 1. The van der Waals surface area contributed by atoms with Crippen LogP contribution < -0.4 is 10.6 Å². The molecular weight excluding hydrogens is 373 g/mol. The fourth-order valence-electron chi connectivity index (χ4n) is 2.20. The van der Waals surface area contributed by atoms with Crippen LogP contribution in [0.25, 0.3) is 0 Å². The lowest BCUT2D eigenvalue weighted by atomic mass is 10.1. The van der Waals surface area contributed by atoms with Crippen molar-refractivity contribution < 1.29 is 27.6 Å². The fourth-order valence-corrected chi connectivity index (χ4v) is 2.20. The summed E-state index contributed by atoms with van der Waals surface area (Å²) in [5, 5.41) is 4.97. The van der Waals surface area contributed by atoms with Crippen molar-refractivity contribution in [2.24, 2.45) is 0 Å². The van der Waals surface area contributed by atoms with E-state index in [1.54, 1.807) is 24.3 Å². The second-order valence-corrected chi connectivity index (χ2v) is 5.98. The predicted octanol–water partition coefficient (Wildman–Crippen LogP) is 4.43. The van der Waals surface area contributed by atoms with Crippen LogP contribution >= 0.6 is 0 Å². The predicted molar refractivity (Wildman–Crippen MR) is 98.9 cm³/mol. The number of hydrogen-bond donors (Lipinski definition) is 2. The van der Waals surface area contributed by atoms with E-state index in [0.717, 1.165) is 30.3 Å². The van der Waals surface area contributed by atoms with Crippen molar-refractivity contribution >= 4 is 29.0 Å². The molecule has 2 rings (SSSR count). The van der Waals surface area contributed by atoms with Gasteiger partial charge >= 0.3 is 6.18 Å². The minimum Gasteiger partial charge on any atom is -0.323 e. The van der Waals surface area contributed by atoms with Crippen LogP contribution in [-0.2, 0) is 15.8 Å². The van der Waals surface area contributed by atoms with Crippen LogP contribution in [0.1, 0.15) is 29.8 Å². The van der Waals surface area contributed by atoms with E-state index in [1.807, 2.05) is 0 Å². The van der Waals surface area contributed by atoms with E-state index >= 15 is 0 Å². The van der Waals surface area contributed by atoms with Crippen LogP contribution in [0.4, 0.5) is 24.5 Å². The van der Waals surface area contributed by atoms with Crippen LogP contribution in [0.5, 0.6) is 0 Å². The van der Waals surface area contributed by atoms with E-state index < -0.39 is 23.6 Å². The molecule has 28 heavy (non-hydrogen) atoms. The molecule has 0 spiro atoms. The molecule has 0 unspecified atom stereocenters. The number of rotatable bonds is 5. The summed E-state index contributed by atoms with van der Waals surface area (Å²) in [7, 11) is 0. The molecule has 0 atom stereocenters. The molecule has 2 N–H and O–H groups in total. The van der Waals surface area contributed by atoms with Gasteiger partial charge in [0.15, 0.2) is 5.78 Å². The topological polar surface area (TPSA) is 75.3 Å². The van der Waals surface area contributed by atoms with E-state index in [4.69, 9.17) is 0 Å².